The molecule has 0 heterocycles. The van der Waals surface area contributed by atoms with Gasteiger partial charge in [0.05, 0.1) is 13.2 Å². The van der Waals surface area contributed by atoms with E-state index in [-0.39, 0.29) is 12.5 Å². The van der Waals surface area contributed by atoms with E-state index in [1.165, 1.54) is 6.42 Å². The number of aliphatic hydroxyl groups excluding tert-OH is 1. The molecule has 20 heavy (non-hydrogen) atoms. The summed E-state index contributed by atoms with van der Waals surface area (Å²) < 4.78 is 0. The van der Waals surface area contributed by atoms with E-state index in [4.69, 9.17) is 16.7 Å². The van der Waals surface area contributed by atoms with E-state index >= 15 is 0 Å². The normalized spacial score (nSPS) is 15.2. The first-order valence-electron chi connectivity index (χ1n) is 7.01. The lowest BCUT2D eigenvalue weighted by Gasteiger charge is -2.36. The maximum atomic E-state index is 12.1. The van der Waals surface area contributed by atoms with E-state index in [1.54, 1.807) is 6.07 Å². The predicted molar refractivity (Wildman–Crippen MR) is 81.1 cm³/mol. The molecule has 0 unspecified atom stereocenters. The summed E-state index contributed by atoms with van der Waals surface area (Å²) in [6.07, 6.45) is 3.45. The fraction of sp³-hybridized carbons (Fsp3) is 0.533. The molecule has 2 N–H and O–H groups in total. The highest BCUT2D eigenvalue weighted by molar-refractivity contribution is 6.30. The Morgan fingerprint density at radius 3 is 2.80 bits per heavy atom. The van der Waals surface area contributed by atoms with Crippen LogP contribution in [0.5, 0.6) is 0 Å². The van der Waals surface area contributed by atoms with Gasteiger partial charge in [0.25, 0.3) is 0 Å². The zero-order chi connectivity index (χ0) is 14.5. The second kappa shape index (κ2) is 7.07. The monoisotopic (exact) mass is 296 g/mol. The number of aliphatic hydroxyl groups is 1. The van der Waals surface area contributed by atoms with Crippen molar-refractivity contribution in [1.29, 1.82) is 0 Å². The van der Waals surface area contributed by atoms with Crippen LogP contribution in [-0.2, 0) is 4.79 Å². The van der Waals surface area contributed by atoms with Gasteiger partial charge in [-0.15, -0.1) is 0 Å². The first kappa shape index (κ1) is 15.3. The Balaban J connectivity index is 1.93. The number of halogens is 1. The van der Waals surface area contributed by atoms with Crippen LogP contribution in [0.1, 0.15) is 24.8 Å². The molecule has 1 aliphatic rings. The molecule has 1 fully saturated rings. The summed E-state index contributed by atoms with van der Waals surface area (Å²) in [6, 6.07) is 5.85. The van der Waals surface area contributed by atoms with Crippen molar-refractivity contribution in [3.8, 4) is 0 Å². The van der Waals surface area contributed by atoms with Crippen LogP contribution in [0.4, 0.5) is 5.69 Å². The van der Waals surface area contributed by atoms with Crippen molar-refractivity contribution in [1.82, 2.24) is 4.90 Å². The van der Waals surface area contributed by atoms with Crippen molar-refractivity contribution in [3.63, 3.8) is 0 Å². The lowest BCUT2D eigenvalue weighted by atomic mass is 9.91. The van der Waals surface area contributed by atoms with Crippen molar-refractivity contribution in [2.24, 2.45) is 0 Å². The number of benzene rings is 1. The number of carbonyl (C=O) groups is 1. The number of hydrogen-bond acceptors (Lipinski definition) is 3. The molecule has 4 nitrogen and oxygen atoms in total. The molecular weight excluding hydrogens is 276 g/mol. The Kier molecular flexibility index (Phi) is 5.40. The minimum Gasteiger partial charge on any atom is -0.395 e. The highest BCUT2D eigenvalue weighted by atomic mass is 35.5. The minimum atomic E-state index is -0.0456. The van der Waals surface area contributed by atoms with Gasteiger partial charge >= 0.3 is 0 Å². The molecule has 1 aliphatic carbocycles. The van der Waals surface area contributed by atoms with E-state index in [9.17, 15) is 4.79 Å². The van der Waals surface area contributed by atoms with Crippen LogP contribution < -0.4 is 5.32 Å². The molecule has 0 spiro atoms. The molecule has 0 aromatic heterocycles. The number of amides is 1. The van der Waals surface area contributed by atoms with Gasteiger partial charge in [0.1, 0.15) is 0 Å². The third kappa shape index (κ3) is 3.95. The van der Waals surface area contributed by atoms with Crippen molar-refractivity contribution >= 4 is 23.2 Å². The first-order valence-corrected chi connectivity index (χ1v) is 7.39. The predicted octanol–water partition coefficient (Wildman–Crippen LogP) is 2.43. The molecule has 0 radical (unpaired) electrons. The Morgan fingerprint density at radius 1 is 1.50 bits per heavy atom. The van der Waals surface area contributed by atoms with Gasteiger partial charge in [0, 0.05) is 23.3 Å². The maximum Gasteiger partial charge on any atom is 0.238 e. The number of rotatable bonds is 6. The molecule has 110 valence electrons. The molecule has 2 rings (SSSR count). The number of aryl methyl sites for hydroxylation is 1. The molecular formula is C15H21ClN2O2. The Labute approximate surface area is 124 Å². The average molecular weight is 297 g/mol. The number of nitrogens with zero attached hydrogens (tertiary/aromatic N) is 1. The molecule has 0 bridgehead atoms. The van der Waals surface area contributed by atoms with Gasteiger partial charge in [-0.3, -0.25) is 9.69 Å². The summed E-state index contributed by atoms with van der Waals surface area (Å²) in [6.45, 7) is 2.88. The van der Waals surface area contributed by atoms with E-state index in [2.05, 4.69) is 10.2 Å². The number of carbonyl (C=O) groups excluding carboxylic acids is 1. The number of hydrogen-bond donors (Lipinski definition) is 2. The summed E-state index contributed by atoms with van der Waals surface area (Å²) in [4.78, 5) is 14.2. The molecule has 0 saturated heterocycles. The summed E-state index contributed by atoms with van der Waals surface area (Å²) in [5, 5.41) is 12.7. The molecule has 0 atom stereocenters. The van der Waals surface area contributed by atoms with Gasteiger partial charge in [0.15, 0.2) is 0 Å². The molecule has 0 aliphatic heterocycles. The van der Waals surface area contributed by atoms with Crippen LogP contribution in [0.25, 0.3) is 0 Å². The van der Waals surface area contributed by atoms with Gasteiger partial charge < -0.3 is 10.4 Å². The number of anilines is 1. The van der Waals surface area contributed by atoms with Crippen molar-refractivity contribution in [3.05, 3.63) is 28.8 Å². The van der Waals surface area contributed by atoms with Crippen molar-refractivity contribution in [2.45, 2.75) is 32.2 Å². The zero-order valence-electron chi connectivity index (χ0n) is 11.7. The fourth-order valence-electron chi connectivity index (χ4n) is 2.41. The van der Waals surface area contributed by atoms with E-state index in [0.29, 0.717) is 24.2 Å². The Morgan fingerprint density at radius 2 is 2.25 bits per heavy atom. The van der Waals surface area contributed by atoms with Crippen LogP contribution in [0.15, 0.2) is 18.2 Å². The van der Waals surface area contributed by atoms with Crippen LogP contribution in [-0.4, -0.2) is 41.7 Å². The number of nitrogens with one attached hydrogen (secondary N) is 1. The van der Waals surface area contributed by atoms with Crippen molar-refractivity contribution in [2.75, 3.05) is 25.0 Å². The van der Waals surface area contributed by atoms with E-state index in [0.717, 1.165) is 24.1 Å². The third-order valence-electron chi connectivity index (χ3n) is 3.79. The zero-order valence-corrected chi connectivity index (χ0v) is 12.5. The average Bonchev–Trinajstić information content (AvgIpc) is 2.31. The second-order valence-corrected chi connectivity index (χ2v) is 5.72. The van der Waals surface area contributed by atoms with Gasteiger partial charge in [-0.05, 0) is 43.5 Å². The van der Waals surface area contributed by atoms with Crippen LogP contribution >= 0.6 is 11.6 Å². The van der Waals surface area contributed by atoms with Gasteiger partial charge in [-0.1, -0.05) is 18.0 Å². The molecule has 1 amide bonds. The van der Waals surface area contributed by atoms with E-state index in [1.807, 2.05) is 19.1 Å². The summed E-state index contributed by atoms with van der Waals surface area (Å²) in [7, 11) is 0. The summed E-state index contributed by atoms with van der Waals surface area (Å²) in [5.41, 5.74) is 1.74. The highest BCUT2D eigenvalue weighted by Crippen LogP contribution is 2.24. The minimum absolute atomic E-state index is 0.0456. The lowest BCUT2D eigenvalue weighted by Crippen LogP contribution is -2.45. The Hall–Kier alpha value is -1.10. The summed E-state index contributed by atoms with van der Waals surface area (Å²) >= 11 is 5.90. The highest BCUT2D eigenvalue weighted by Gasteiger charge is 2.26. The van der Waals surface area contributed by atoms with Crippen molar-refractivity contribution < 1.29 is 9.90 Å². The van der Waals surface area contributed by atoms with E-state index < -0.39 is 0 Å². The summed E-state index contributed by atoms with van der Waals surface area (Å²) in [5.74, 6) is -0.0456. The largest absolute Gasteiger partial charge is 0.395 e. The first-order chi connectivity index (χ1) is 9.60. The van der Waals surface area contributed by atoms with Gasteiger partial charge in [-0.25, -0.2) is 0 Å². The maximum absolute atomic E-state index is 12.1. The lowest BCUT2D eigenvalue weighted by molar-refractivity contribution is -0.118. The van der Waals surface area contributed by atoms with Crippen LogP contribution in [0.3, 0.4) is 0 Å². The van der Waals surface area contributed by atoms with Crippen LogP contribution in [0, 0.1) is 6.92 Å². The quantitative estimate of drug-likeness (QED) is 0.848. The molecule has 1 aromatic rings. The fourth-order valence-corrected chi connectivity index (χ4v) is 2.64. The Bertz CT molecular complexity index is 475. The molecule has 5 heteroatoms. The standard InChI is InChI=1S/C15H21ClN2O2/c1-11-9-12(16)5-6-14(11)17-15(20)10-18(7-8-19)13-3-2-4-13/h5-6,9,13,19H,2-4,7-8,10H2,1H3,(H,17,20). The third-order valence-corrected chi connectivity index (χ3v) is 4.02. The smallest absolute Gasteiger partial charge is 0.238 e. The van der Waals surface area contributed by atoms with Gasteiger partial charge in [-0.2, -0.15) is 0 Å². The van der Waals surface area contributed by atoms with Gasteiger partial charge in [0.2, 0.25) is 5.91 Å². The SMILES string of the molecule is Cc1cc(Cl)ccc1NC(=O)CN(CCO)C1CCC1. The van der Waals surface area contributed by atoms with Crippen LogP contribution in [0.2, 0.25) is 5.02 Å². The second-order valence-electron chi connectivity index (χ2n) is 5.29. The molecule has 1 saturated carbocycles. The topological polar surface area (TPSA) is 52.6 Å². The molecule has 1 aromatic carbocycles.